The molecule has 0 unspecified atom stereocenters. The van der Waals surface area contributed by atoms with Gasteiger partial charge in [0, 0.05) is 47.7 Å². The highest BCUT2D eigenvalue weighted by atomic mass is 32.1. The predicted octanol–water partition coefficient (Wildman–Crippen LogP) is 14.6. The molecule has 0 N–H and O–H groups in total. The maximum Gasteiger partial charge on any atom is 0.0555 e. The lowest BCUT2D eigenvalue weighted by Gasteiger charge is -2.28. The van der Waals surface area contributed by atoms with Gasteiger partial charge < -0.3 is 9.47 Å². The summed E-state index contributed by atoms with van der Waals surface area (Å²) in [6.07, 6.45) is 0. The van der Waals surface area contributed by atoms with E-state index in [9.17, 15) is 0 Å². The standard InChI is InChI=1S/C50H32N2S/c1-2-13-33(14-3-1)37-30-32-44(40-18-7-6-17-39(37)40)52(45-22-12-24-48-50(45)42-20-9-11-23-47(42)53-48)36-28-26-35(27-29-36)51-43-21-10-8-19-41(43)49-38-16-5-4-15-34(38)25-31-46(49)51/h1-32H. The van der Waals surface area contributed by atoms with Crippen molar-refractivity contribution in [3.63, 3.8) is 0 Å². The van der Waals surface area contributed by atoms with Crippen molar-refractivity contribution < 1.29 is 0 Å². The number of rotatable bonds is 5. The van der Waals surface area contributed by atoms with E-state index >= 15 is 0 Å². The number of hydrogen-bond donors (Lipinski definition) is 0. The minimum Gasteiger partial charge on any atom is -0.309 e. The van der Waals surface area contributed by atoms with Gasteiger partial charge in [-0.2, -0.15) is 0 Å². The van der Waals surface area contributed by atoms with Gasteiger partial charge in [0.15, 0.2) is 0 Å². The summed E-state index contributed by atoms with van der Waals surface area (Å²) >= 11 is 1.86. The van der Waals surface area contributed by atoms with E-state index in [4.69, 9.17) is 0 Å². The summed E-state index contributed by atoms with van der Waals surface area (Å²) in [4.78, 5) is 2.47. The molecule has 0 radical (unpaired) electrons. The zero-order valence-electron chi connectivity index (χ0n) is 28.8. The zero-order valence-corrected chi connectivity index (χ0v) is 29.6. The quantitative estimate of drug-likeness (QED) is 0.174. The van der Waals surface area contributed by atoms with E-state index in [1.807, 2.05) is 11.3 Å². The van der Waals surface area contributed by atoms with Gasteiger partial charge in [-0.15, -0.1) is 11.3 Å². The maximum absolute atomic E-state index is 2.47. The highest BCUT2D eigenvalue weighted by Crippen LogP contribution is 2.48. The average Bonchev–Trinajstić information content (AvgIpc) is 3.78. The molecule has 2 aromatic heterocycles. The Balaban J connectivity index is 1.16. The van der Waals surface area contributed by atoms with Crippen LogP contribution in [0.1, 0.15) is 0 Å². The summed E-state index contributed by atoms with van der Waals surface area (Å²) < 4.78 is 5.00. The molecule has 11 aromatic rings. The van der Waals surface area contributed by atoms with E-state index in [-0.39, 0.29) is 0 Å². The molecule has 0 atom stereocenters. The van der Waals surface area contributed by atoms with Crippen molar-refractivity contribution in [2.75, 3.05) is 4.90 Å². The van der Waals surface area contributed by atoms with Crippen LogP contribution in [0.3, 0.4) is 0 Å². The van der Waals surface area contributed by atoms with E-state index in [1.165, 1.54) is 80.3 Å². The molecule has 0 saturated heterocycles. The van der Waals surface area contributed by atoms with E-state index in [1.54, 1.807) is 0 Å². The molecule has 0 aliphatic rings. The smallest absolute Gasteiger partial charge is 0.0555 e. The van der Waals surface area contributed by atoms with Gasteiger partial charge in [-0.3, -0.25) is 0 Å². The number of fused-ring (bicyclic) bond motifs is 9. The minimum atomic E-state index is 1.11. The van der Waals surface area contributed by atoms with E-state index < -0.39 is 0 Å². The first-order valence-electron chi connectivity index (χ1n) is 18.1. The SMILES string of the molecule is c1ccc(-c2ccc(N(c3ccc(-n4c5ccccc5c5c6ccccc6ccc54)cc3)c3cccc4sc5ccccc5c34)c3ccccc23)cc1. The van der Waals surface area contributed by atoms with Crippen LogP contribution in [0.2, 0.25) is 0 Å². The fourth-order valence-electron chi connectivity index (χ4n) is 8.47. The molecule has 0 aliphatic carbocycles. The fraction of sp³-hybridized carbons (Fsp3) is 0. The topological polar surface area (TPSA) is 8.17 Å². The molecule has 2 heterocycles. The number of hydrogen-bond acceptors (Lipinski definition) is 2. The van der Waals surface area contributed by atoms with Gasteiger partial charge in [0.05, 0.1) is 22.4 Å². The molecule has 0 aliphatic heterocycles. The number of thiophene rings is 1. The van der Waals surface area contributed by atoms with Crippen molar-refractivity contribution in [1.29, 1.82) is 0 Å². The van der Waals surface area contributed by atoms with Crippen LogP contribution in [0, 0.1) is 0 Å². The molecule has 9 aromatic carbocycles. The minimum absolute atomic E-state index is 1.11. The molecule has 248 valence electrons. The molecule has 2 nitrogen and oxygen atoms in total. The number of aromatic nitrogens is 1. The molecule has 3 heteroatoms. The van der Waals surface area contributed by atoms with Gasteiger partial charge in [0.1, 0.15) is 0 Å². The molecule has 0 fully saturated rings. The summed E-state index contributed by atoms with van der Waals surface area (Å²) in [5.74, 6) is 0. The number of anilines is 3. The number of para-hydroxylation sites is 1. The Hall–Kier alpha value is -6.68. The third-order valence-corrected chi connectivity index (χ3v) is 11.9. The second-order valence-corrected chi connectivity index (χ2v) is 14.8. The van der Waals surface area contributed by atoms with Gasteiger partial charge in [-0.05, 0) is 87.9 Å². The first-order valence-corrected chi connectivity index (χ1v) is 18.9. The van der Waals surface area contributed by atoms with E-state index in [2.05, 4.69) is 204 Å². The molecule has 0 bridgehead atoms. The van der Waals surface area contributed by atoms with Gasteiger partial charge in [0.25, 0.3) is 0 Å². The Morgan fingerprint density at radius 1 is 0.377 bits per heavy atom. The Bertz CT molecular complexity index is 3170. The molecular formula is C50H32N2S. The summed E-state index contributed by atoms with van der Waals surface area (Å²) in [6.45, 7) is 0. The van der Waals surface area contributed by atoms with Crippen molar-refractivity contribution in [2.45, 2.75) is 0 Å². The third kappa shape index (κ3) is 4.64. The van der Waals surface area contributed by atoms with Crippen LogP contribution in [-0.4, -0.2) is 4.57 Å². The number of benzene rings is 9. The lowest BCUT2D eigenvalue weighted by atomic mass is 9.96. The predicted molar refractivity (Wildman–Crippen MR) is 229 cm³/mol. The normalized spacial score (nSPS) is 11.8. The molecule has 11 rings (SSSR count). The van der Waals surface area contributed by atoms with Crippen LogP contribution < -0.4 is 4.90 Å². The second kappa shape index (κ2) is 11.9. The highest BCUT2D eigenvalue weighted by molar-refractivity contribution is 7.26. The monoisotopic (exact) mass is 692 g/mol. The third-order valence-electron chi connectivity index (χ3n) is 10.8. The lowest BCUT2D eigenvalue weighted by Crippen LogP contribution is -2.11. The maximum atomic E-state index is 2.47. The fourth-order valence-corrected chi connectivity index (χ4v) is 9.59. The summed E-state index contributed by atoms with van der Waals surface area (Å²) in [6, 6.07) is 70.9. The zero-order chi connectivity index (χ0) is 34.9. The van der Waals surface area contributed by atoms with Crippen LogP contribution >= 0.6 is 11.3 Å². The molecular weight excluding hydrogens is 661 g/mol. The molecule has 0 amide bonds. The van der Waals surface area contributed by atoms with Crippen molar-refractivity contribution in [2.24, 2.45) is 0 Å². The lowest BCUT2D eigenvalue weighted by molar-refractivity contribution is 1.18. The Kier molecular flexibility index (Phi) is 6.76. The first kappa shape index (κ1) is 30.0. The highest BCUT2D eigenvalue weighted by Gasteiger charge is 2.22. The summed E-state index contributed by atoms with van der Waals surface area (Å²) in [7, 11) is 0. The largest absolute Gasteiger partial charge is 0.309 e. The van der Waals surface area contributed by atoms with Gasteiger partial charge in [0.2, 0.25) is 0 Å². The van der Waals surface area contributed by atoms with Gasteiger partial charge >= 0.3 is 0 Å². The summed E-state index contributed by atoms with van der Waals surface area (Å²) in [5.41, 5.74) is 9.45. The van der Waals surface area contributed by atoms with Crippen LogP contribution in [0.15, 0.2) is 194 Å². The van der Waals surface area contributed by atoms with Crippen molar-refractivity contribution in [1.82, 2.24) is 4.57 Å². The van der Waals surface area contributed by atoms with Crippen molar-refractivity contribution >= 4 is 91.9 Å². The van der Waals surface area contributed by atoms with Crippen LogP contribution in [0.25, 0.3) is 80.3 Å². The Morgan fingerprint density at radius 2 is 1.06 bits per heavy atom. The average molecular weight is 693 g/mol. The van der Waals surface area contributed by atoms with Crippen LogP contribution in [0.5, 0.6) is 0 Å². The van der Waals surface area contributed by atoms with Crippen LogP contribution in [-0.2, 0) is 0 Å². The Morgan fingerprint density at radius 3 is 1.91 bits per heavy atom. The van der Waals surface area contributed by atoms with Crippen LogP contribution in [0.4, 0.5) is 17.1 Å². The first-order chi connectivity index (χ1) is 26.3. The molecule has 0 spiro atoms. The van der Waals surface area contributed by atoms with Gasteiger partial charge in [-0.25, -0.2) is 0 Å². The second-order valence-electron chi connectivity index (χ2n) is 13.7. The molecule has 53 heavy (non-hydrogen) atoms. The summed E-state index contributed by atoms with van der Waals surface area (Å²) in [5, 5.41) is 10.1. The van der Waals surface area contributed by atoms with Gasteiger partial charge in [-0.1, -0.05) is 133 Å². The molecule has 0 saturated carbocycles. The number of nitrogens with zero attached hydrogens (tertiary/aromatic N) is 2. The van der Waals surface area contributed by atoms with E-state index in [0.717, 1.165) is 17.1 Å². The van der Waals surface area contributed by atoms with Crippen molar-refractivity contribution in [3.8, 4) is 16.8 Å². The Labute approximate surface area is 311 Å². The van der Waals surface area contributed by atoms with E-state index in [0.29, 0.717) is 0 Å². The van der Waals surface area contributed by atoms with Crippen molar-refractivity contribution in [3.05, 3.63) is 194 Å².